The SMILES string of the molecule is CC.CN=C1NC(C)(C2=CC3=C(CCC2)C(C)(C)CCC3(C)C)CCS1. The summed E-state index contributed by atoms with van der Waals surface area (Å²) in [5.41, 5.74) is 5.71. The third kappa shape index (κ3) is 4.24. The van der Waals surface area contributed by atoms with Crippen LogP contribution in [0.1, 0.15) is 87.0 Å². The molecule has 2 aliphatic carbocycles. The molecule has 1 atom stereocenters. The van der Waals surface area contributed by atoms with E-state index in [4.69, 9.17) is 0 Å². The minimum Gasteiger partial charge on any atom is -0.356 e. The predicted molar refractivity (Wildman–Crippen MR) is 119 cm³/mol. The smallest absolute Gasteiger partial charge is 0.156 e. The quantitative estimate of drug-likeness (QED) is 0.548. The van der Waals surface area contributed by atoms with Crippen molar-refractivity contribution in [3.63, 3.8) is 0 Å². The summed E-state index contributed by atoms with van der Waals surface area (Å²) in [4.78, 5) is 4.42. The fraction of sp³-hybridized carbons (Fsp3) is 0.783. The van der Waals surface area contributed by atoms with Crippen LogP contribution in [0.2, 0.25) is 0 Å². The molecule has 0 radical (unpaired) electrons. The Morgan fingerprint density at radius 2 is 1.62 bits per heavy atom. The molecule has 1 saturated heterocycles. The third-order valence-electron chi connectivity index (χ3n) is 6.57. The van der Waals surface area contributed by atoms with E-state index in [9.17, 15) is 0 Å². The lowest BCUT2D eigenvalue weighted by Crippen LogP contribution is -2.50. The van der Waals surface area contributed by atoms with Crippen LogP contribution in [0.3, 0.4) is 0 Å². The van der Waals surface area contributed by atoms with Crippen molar-refractivity contribution in [1.82, 2.24) is 5.32 Å². The number of nitrogens with one attached hydrogen (secondary N) is 1. The van der Waals surface area contributed by atoms with Gasteiger partial charge in [0.2, 0.25) is 0 Å². The highest BCUT2D eigenvalue weighted by Gasteiger charge is 2.41. The zero-order valence-corrected chi connectivity index (χ0v) is 19.2. The Labute approximate surface area is 166 Å². The predicted octanol–water partition coefficient (Wildman–Crippen LogP) is 6.74. The number of allylic oxidation sites excluding steroid dienone is 3. The summed E-state index contributed by atoms with van der Waals surface area (Å²) in [6.45, 7) is 16.2. The standard InChI is InChI=1S/C21H34N2S.C2H6/c1-19(2)10-11-20(3,4)17-14-15(8-7-9-16(17)19)21(5)12-13-24-18(22-6)23-21;1-2/h14H,7-13H2,1-6H3,(H,22,23);1-2H3. The van der Waals surface area contributed by atoms with Crippen molar-refractivity contribution in [2.45, 2.75) is 92.5 Å². The zero-order chi connectivity index (χ0) is 19.6. The van der Waals surface area contributed by atoms with Crippen LogP contribution < -0.4 is 5.32 Å². The van der Waals surface area contributed by atoms with Gasteiger partial charge in [0, 0.05) is 12.8 Å². The number of rotatable bonds is 1. The van der Waals surface area contributed by atoms with Crippen LogP contribution in [-0.2, 0) is 0 Å². The van der Waals surface area contributed by atoms with Crippen molar-refractivity contribution in [2.75, 3.05) is 12.8 Å². The van der Waals surface area contributed by atoms with E-state index in [0.29, 0.717) is 10.8 Å². The molecule has 1 unspecified atom stereocenters. The summed E-state index contributed by atoms with van der Waals surface area (Å²) in [6, 6.07) is 0. The first-order valence-corrected chi connectivity index (χ1v) is 11.5. The molecule has 148 valence electrons. The van der Waals surface area contributed by atoms with E-state index in [2.05, 4.69) is 51.0 Å². The molecule has 26 heavy (non-hydrogen) atoms. The van der Waals surface area contributed by atoms with Gasteiger partial charge in [-0.25, -0.2) is 0 Å². The van der Waals surface area contributed by atoms with Gasteiger partial charge in [0.15, 0.2) is 5.17 Å². The maximum absolute atomic E-state index is 4.42. The largest absolute Gasteiger partial charge is 0.356 e. The van der Waals surface area contributed by atoms with Crippen molar-refractivity contribution in [3.05, 3.63) is 22.8 Å². The Morgan fingerprint density at radius 3 is 2.27 bits per heavy atom. The number of thioether (sulfide) groups is 1. The molecule has 0 saturated carbocycles. The van der Waals surface area contributed by atoms with Crippen molar-refractivity contribution in [1.29, 1.82) is 0 Å². The number of amidine groups is 1. The van der Waals surface area contributed by atoms with Crippen molar-refractivity contribution < 1.29 is 0 Å². The molecule has 2 nitrogen and oxygen atoms in total. The highest BCUT2D eigenvalue weighted by molar-refractivity contribution is 8.13. The van der Waals surface area contributed by atoms with Gasteiger partial charge in [0.05, 0.1) is 5.54 Å². The number of hydrogen-bond acceptors (Lipinski definition) is 2. The maximum Gasteiger partial charge on any atom is 0.156 e. The Hall–Kier alpha value is -0.700. The van der Waals surface area contributed by atoms with Crippen LogP contribution in [0.4, 0.5) is 0 Å². The Morgan fingerprint density at radius 1 is 0.962 bits per heavy atom. The van der Waals surface area contributed by atoms with Gasteiger partial charge in [-0.05, 0) is 67.4 Å². The van der Waals surface area contributed by atoms with Crippen molar-refractivity contribution in [2.24, 2.45) is 15.8 Å². The first-order valence-electron chi connectivity index (χ1n) is 10.5. The van der Waals surface area contributed by atoms with Gasteiger partial charge >= 0.3 is 0 Å². The lowest BCUT2D eigenvalue weighted by atomic mass is 9.62. The second-order valence-electron chi connectivity index (χ2n) is 9.27. The zero-order valence-electron chi connectivity index (χ0n) is 18.4. The van der Waals surface area contributed by atoms with E-state index >= 15 is 0 Å². The summed E-state index contributed by atoms with van der Waals surface area (Å²) >= 11 is 1.86. The average Bonchev–Trinajstić information content (AvgIpc) is 2.86. The Balaban J connectivity index is 0.00000117. The van der Waals surface area contributed by atoms with Crippen LogP contribution in [0.25, 0.3) is 0 Å². The number of aliphatic imine (C=N–C) groups is 1. The first kappa shape index (κ1) is 21.6. The Bertz CT molecular complexity index is 610. The summed E-state index contributed by atoms with van der Waals surface area (Å²) < 4.78 is 0. The lowest BCUT2D eigenvalue weighted by molar-refractivity contribution is 0.260. The fourth-order valence-corrected chi connectivity index (χ4v) is 5.75. The van der Waals surface area contributed by atoms with Gasteiger partial charge in [0.1, 0.15) is 0 Å². The average molecular weight is 377 g/mol. The Kier molecular flexibility index (Phi) is 6.75. The number of hydrogen-bond donors (Lipinski definition) is 1. The van der Waals surface area contributed by atoms with E-state index < -0.39 is 0 Å². The van der Waals surface area contributed by atoms with Gasteiger partial charge in [-0.1, -0.05) is 65.0 Å². The van der Waals surface area contributed by atoms with E-state index in [0.717, 1.165) is 10.9 Å². The van der Waals surface area contributed by atoms with Crippen LogP contribution in [0.15, 0.2) is 27.8 Å². The summed E-state index contributed by atoms with van der Waals surface area (Å²) in [5, 5.41) is 4.85. The minimum absolute atomic E-state index is 0.0697. The van der Waals surface area contributed by atoms with Crippen molar-refractivity contribution in [3.8, 4) is 0 Å². The third-order valence-corrected chi connectivity index (χ3v) is 7.54. The number of nitrogens with zero attached hydrogens (tertiary/aromatic N) is 1. The first-order chi connectivity index (χ1) is 12.2. The normalized spacial score (nSPS) is 31.8. The van der Waals surface area contributed by atoms with Crippen molar-refractivity contribution >= 4 is 16.9 Å². The highest BCUT2D eigenvalue weighted by Crippen LogP contribution is 2.53. The molecule has 1 fully saturated rings. The van der Waals surface area contributed by atoms with Gasteiger partial charge in [-0.3, -0.25) is 4.99 Å². The summed E-state index contributed by atoms with van der Waals surface area (Å²) in [6.07, 6.45) is 10.2. The summed E-state index contributed by atoms with van der Waals surface area (Å²) in [7, 11) is 1.90. The molecule has 3 aliphatic rings. The van der Waals surface area contributed by atoms with E-state index in [1.54, 1.807) is 16.7 Å². The molecule has 1 heterocycles. The molecule has 1 aliphatic heterocycles. The van der Waals surface area contributed by atoms with Gasteiger partial charge in [0.25, 0.3) is 0 Å². The lowest BCUT2D eigenvalue weighted by Gasteiger charge is -2.43. The topological polar surface area (TPSA) is 24.4 Å². The molecule has 0 amide bonds. The molecule has 3 heteroatoms. The molecule has 0 aromatic heterocycles. The second kappa shape index (κ2) is 8.12. The van der Waals surface area contributed by atoms with Gasteiger partial charge in [-0.2, -0.15) is 0 Å². The molecule has 3 rings (SSSR count). The van der Waals surface area contributed by atoms with Gasteiger partial charge in [-0.15, -0.1) is 0 Å². The monoisotopic (exact) mass is 376 g/mol. The molecular weight excluding hydrogens is 336 g/mol. The molecule has 0 aromatic carbocycles. The van der Waals surface area contributed by atoms with Crippen LogP contribution in [0, 0.1) is 10.8 Å². The molecule has 0 spiro atoms. The molecule has 0 aromatic rings. The highest BCUT2D eigenvalue weighted by atomic mass is 32.2. The fourth-order valence-electron chi connectivity index (χ4n) is 4.62. The van der Waals surface area contributed by atoms with Gasteiger partial charge < -0.3 is 5.32 Å². The molecule has 0 bridgehead atoms. The second-order valence-corrected chi connectivity index (χ2v) is 10.4. The maximum atomic E-state index is 4.42. The molecular formula is C23H40N2S. The van der Waals surface area contributed by atoms with E-state index in [1.807, 2.05) is 32.7 Å². The van der Waals surface area contributed by atoms with Crippen LogP contribution in [0.5, 0.6) is 0 Å². The van der Waals surface area contributed by atoms with E-state index in [1.165, 1.54) is 38.5 Å². The van der Waals surface area contributed by atoms with E-state index in [-0.39, 0.29) is 5.54 Å². The molecule has 1 N–H and O–H groups in total. The summed E-state index contributed by atoms with van der Waals surface area (Å²) in [5.74, 6) is 1.16. The van der Waals surface area contributed by atoms with Crippen LogP contribution in [-0.4, -0.2) is 23.5 Å². The minimum atomic E-state index is 0.0697. The van der Waals surface area contributed by atoms with Crippen LogP contribution >= 0.6 is 11.8 Å².